The van der Waals surface area contributed by atoms with Crippen molar-refractivity contribution in [3.05, 3.63) is 36.0 Å². The zero-order valence-electron chi connectivity index (χ0n) is 12.0. The highest BCUT2D eigenvalue weighted by molar-refractivity contribution is 5.92. The average Bonchev–Trinajstić information content (AvgIpc) is 3.02. The van der Waals surface area contributed by atoms with E-state index in [0.717, 1.165) is 36.5 Å². The zero-order chi connectivity index (χ0) is 14.2. The summed E-state index contributed by atoms with van der Waals surface area (Å²) in [6, 6.07) is 10.7. The average molecular weight is 284 g/mol. The summed E-state index contributed by atoms with van der Waals surface area (Å²) in [7, 11) is 0. The Labute approximate surface area is 124 Å². The molecule has 2 atom stereocenters. The molecule has 1 saturated carbocycles. The van der Waals surface area contributed by atoms with Crippen LogP contribution in [-0.4, -0.2) is 35.4 Å². The van der Waals surface area contributed by atoms with E-state index in [2.05, 4.69) is 23.1 Å². The molecule has 2 aromatic rings. The fourth-order valence-corrected chi connectivity index (χ4v) is 3.72. The monoisotopic (exact) mass is 284 g/mol. The Balaban J connectivity index is 1.84. The number of pyridine rings is 1. The molecule has 0 radical (unpaired) electrons. The maximum atomic E-state index is 9.50. The summed E-state index contributed by atoms with van der Waals surface area (Å²) in [5.41, 5.74) is 0.740. The van der Waals surface area contributed by atoms with Crippen LogP contribution in [0.4, 0.5) is 5.82 Å². The molecule has 1 aliphatic heterocycles. The van der Waals surface area contributed by atoms with Crippen molar-refractivity contribution < 1.29 is 9.84 Å². The first-order chi connectivity index (χ1) is 10.4. The van der Waals surface area contributed by atoms with Gasteiger partial charge in [0, 0.05) is 11.9 Å². The van der Waals surface area contributed by atoms with E-state index in [-0.39, 0.29) is 6.61 Å². The van der Waals surface area contributed by atoms with Crippen LogP contribution in [0.15, 0.2) is 30.3 Å². The molecule has 4 rings (SSSR count). The van der Waals surface area contributed by atoms with Gasteiger partial charge in [0.1, 0.15) is 5.82 Å². The van der Waals surface area contributed by atoms with E-state index in [1.54, 1.807) is 0 Å². The van der Waals surface area contributed by atoms with E-state index < -0.39 is 0 Å². The van der Waals surface area contributed by atoms with Crippen molar-refractivity contribution in [2.75, 3.05) is 18.1 Å². The predicted molar refractivity (Wildman–Crippen MR) is 82.4 cm³/mol. The molecule has 1 aliphatic carbocycles. The highest BCUT2D eigenvalue weighted by Gasteiger charge is 2.37. The van der Waals surface area contributed by atoms with Crippen LogP contribution in [-0.2, 0) is 11.3 Å². The number of rotatable bonds is 2. The topological polar surface area (TPSA) is 45.6 Å². The minimum Gasteiger partial charge on any atom is -0.390 e. The van der Waals surface area contributed by atoms with Gasteiger partial charge >= 0.3 is 0 Å². The Morgan fingerprint density at radius 3 is 3.10 bits per heavy atom. The second-order valence-electron chi connectivity index (χ2n) is 5.92. The summed E-state index contributed by atoms with van der Waals surface area (Å²) in [5, 5.41) is 11.8. The van der Waals surface area contributed by atoms with Gasteiger partial charge in [0.25, 0.3) is 0 Å². The van der Waals surface area contributed by atoms with Gasteiger partial charge in [0.2, 0.25) is 0 Å². The van der Waals surface area contributed by atoms with Crippen molar-refractivity contribution >= 4 is 16.6 Å². The fourth-order valence-electron chi connectivity index (χ4n) is 3.72. The molecule has 1 aromatic carbocycles. The molecule has 1 saturated heterocycles. The summed E-state index contributed by atoms with van der Waals surface area (Å²) in [6.45, 7) is 1.63. The highest BCUT2D eigenvalue weighted by atomic mass is 16.5. The first kappa shape index (κ1) is 13.0. The van der Waals surface area contributed by atoms with Crippen molar-refractivity contribution in [3.63, 3.8) is 0 Å². The number of benzene rings is 1. The first-order valence-corrected chi connectivity index (χ1v) is 7.74. The van der Waals surface area contributed by atoms with Gasteiger partial charge in [-0.2, -0.15) is 0 Å². The molecule has 2 heterocycles. The Bertz CT molecular complexity index is 658. The van der Waals surface area contributed by atoms with Crippen LogP contribution in [0.1, 0.15) is 25.0 Å². The van der Waals surface area contributed by atoms with Gasteiger partial charge in [-0.3, -0.25) is 0 Å². The number of aliphatic hydroxyl groups excluding tert-OH is 1. The minimum atomic E-state index is -0.0176. The third-order valence-electron chi connectivity index (χ3n) is 4.69. The van der Waals surface area contributed by atoms with Crippen molar-refractivity contribution in [3.8, 4) is 0 Å². The SMILES string of the molecule is OCc1cc2ccccc2c(N2CCOC3CCCC32)n1. The molecule has 4 heteroatoms. The number of aromatic nitrogens is 1. The number of hydrogen-bond donors (Lipinski definition) is 1. The van der Waals surface area contributed by atoms with Crippen LogP contribution >= 0.6 is 0 Å². The van der Waals surface area contributed by atoms with Crippen LogP contribution < -0.4 is 4.90 Å². The molecule has 0 spiro atoms. The summed E-state index contributed by atoms with van der Waals surface area (Å²) in [5.74, 6) is 1.01. The smallest absolute Gasteiger partial charge is 0.137 e. The van der Waals surface area contributed by atoms with E-state index >= 15 is 0 Å². The molecule has 4 nitrogen and oxygen atoms in total. The van der Waals surface area contributed by atoms with E-state index in [0.29, 0.717) is 12.1 Å². The lowest BCUT2D eigenvalue weighted by molar-refractivity contribution is 0.0254. The van der Waals surface area contributed by atoms with Crippen LogP contribution in [0.2, 0.25) is 0 Å². The molecule has 1 N–H and O–H groups in total. The summed E-state index contributed by atoms with van der Waals surface area (Å²) in [6.07, 6.45) is 3.89. The van der Waals surface area contributed by atoms with E-state index in [1.165, 1.54) is 18.2 Å². The normalized spacial score (nSPS) is 25.3. The number of aliphatic hydroxyl groups is 1. The molecule has 0 bridgehead atoms. The van der Waals surface area contributed by atoms with Crippen LogP contribution in [0.25, 0.3) is 10.8 Å². The molecular weight excluding hydrogens is 264 g/mol. The van der Waals surface area contributed by atoms with Crippen LogP contribution in [0.5, 0.6) is 0 Å². The Hall–Kier alpha value is -1.65. The summed E-state index contributed by atoms with van der Waals surface area (Å²) in [4.78, 5) is 7.13. The number of ether oxygens (including phenoxy) is 1. The van der Waals surface area contributed by atoms with Gasteiger partial charge in [-0.1, -0.05) is 24.3 Å². The van der Waals surface area contributed by atoms with Gasteiger partial charge in [0.15, 0.2) is 0 Å². The number of hydrogen-bond acceptors (Lipinski definition) is 4. The third-order valence-corrected chi connectivity index (χ3v) is 4.69. The first-order valence-electron chi connectivity index (χ1n) is 7.74. The van der Waals surface area contributed by atoms with Crippen molar-refractivity contribution in [1.29, 1.82) is 0 Å². The highest BCUT2D eigenvalue weighted by Crippen LogP contribution is 2.35. The maximum absolute atomic E-state index is 9.50. The lowest BCUT2D eigenvalue weighted by atomic mass is 10.1. The minimum absolute atomic E-state index is 0.0176. The second kappa shape index (κ2) is 5.28. The Kier molecular flexibility index (Phi) is 3.28. The number of nitrogens with zero attached hydrogens (tertiary/aromatic N) is 2. The van der Waals surface area contributed by atoms with Crippen molar-refractivity contribution in [2.24, 2.45) is 0 Å². The standard InChI is InChI=1S/C17H20N2O2/c20-11-13-10-12-4-1-2-5-14(12)17(18-13)19-8-9-21-16-7-3-6-15(16)19/h1-2,4-5,10,15-16,20H,3,6-9,11H2. The second-order valence-corrected chi connectivity index (χ2v) is 5.92. The lowest BCUT2D eigenvalue weighted by Gasteiger charge is -2.39. The quantitative estimate of drug-likeness (QED) is 0.920. The van der Waals surface area contributed by atoms with Crippen LogP contribution in [0, 0.1) is 0 Å². The summed E-state index contributed by atoms with van der Waals surface area (Å²) < 4.78 is 5.90. The van der Waals surface area contributed by atoms with E-state index in [9.17, 15) is 5.11 Å². The number of morpholine rings is 1. The zero-order valence-corrected chi connectivity index (χ0v) is 12.0. The van der Waals surface area contributed by atoms with Gasteiger partial charge < -0.3 is 14.7 Å². The predicted octanol–water partition coefficient (Wildman–Crippen LogP) is 2.48. The molecule has 110 valence electrons. The molecule has 2 unspecified atom stereocenters. The maximum Gasteiger partial charge on any atom is 0.137 e. The van der Waals surface area contributed by atoms with E-state index in [4.69, 9.17) is 9.72 Å². The molecule has 1 aromatic heterocycles. The lowest BCUT2D eigenvalue weighted by Crippen LogP contribution is -2.49. The van der Waals surface area contributed by atoms with Crippen LogP contribution in [0.3, 0.4) is 0 Å². The molecule has 2 fully saturated rings. The molecule has 0 amide bonds. The number of fused-ring (bicyclic) bond motifs is 2. The van der Waals surface area contributed by atoms with Crippen molar-refractivity contribution in [2.45, 2.75) is 38.0 Å². The molecule has 2 aliphatic rings. The Morgan fingerprint density at radius 2 is 2.19 bits per heavy atom. The third kappa shape index (κ3) is 2.19. The van der Waals surface area contributed by atoms with Gasteiger partial charge in [-0.15, -0.1) is 0 Å². The summed E-state index contributed by atoms with van der Waals surface area (Å²) >= 11 is 0. The van der Waals surface area contributed by atoms with E-state index in [1.807, 2.05) is 12.1 Å². The van der Waals surface area contributed by atoms with Gasteiger partial charge in [0.05, 0.1) is 31.1 Å². The number of anilines is 1. The Morgan fingerprint density at radius 1 is 1.29 bits per heavy atom. The largest absolute Gasteiger partial charge is 0.390 e. The van der Waals surface area contributed by atoms with Crippen molar-refractivity contribution in [1.82, 2.24) is 4.98 Å². The molecular formula is C17H20N2O2. The fraction of sp³-hybridized carbons (Fsp3) is 0.471. The van der Waals surface area contributed by atoms with Gasteiger partial charge in [-0.25, -0.2) is 4.98 Å². The van der Waals surface area contributed by atoms with Gasteiger partial charge in [-0.05, 0) is 30.7 Å². The molecule has 21 heavy (non-hydrogen) atoms.